The Hall–Kier alpha value is 0.640. The van der Waals surface area contributed by atoms with E-state index in [1.54, 1.807) is 6.92 Å². The molecule has 0 rings (SSSR count). The van der Waals surface area contributed by atoms with Gasteiger partial charge in [0.25, 0.3) is 10.1 Å². The number of nitrogens with zero attached hydrogens (tertiary/aromatic N) is 1. The number of hydrogen-bond acceptors (Lipinski definition) is 3. The van der Waals surface area contributed by atoms with Crippen molar-refractivity contribution in [1.29, 1.82) is 0 Å². The van der Waals surface area contributed by atoms with Gasteiger partial charge >= 0.3 is 0 Å². The van der Waals surface area contributed by atoms with Crippen molar-refractivity contribution < 1.29 is 13.0 Å². The molecule has 1 N–H and O–H groups in total. The average Bonchev–Trinajstić information content (AvgIpc) is 1.60. The zero-order chi connectivity index (χ0) is 8.36. The SMILES string of the molecule is CC(CS(=O)(=O)O)N(Cl)Br. The smallest absolute Gasteiger partial charge is 0.266 e. The number of rotatable bonds is 3. The first-order valence-electron chi connectivity index (χ1n) is 2.39. The van der Waals surface area contributed by atoms with Crippen molar-refractivity contribution in [2.24, 2.45) is 0 Å². The molecule has 10 heavy (non-hydrogen) atoms. The Morgan fingerprint density at radius 2 is 2.20 bits per heavy atom. The molecule has 0 heterocycles. The van der Waals surface area contributed by atoms with E-state index in [1.807, 2.05) is 0 Å². The summed E-state index contributed by atoms with van der Waals surface area (Å²) < 4.78 is 29.7. The van der Waals surface area contributed by atoms with Crippen LogP contribution in [0.5, 0.6) is 0 Å². The van der Waals surface area contributed by atoms with E-state index < -0.39 is 16.2 Å². The van der Waals surface area contributed by atoms with Crippen LogP contribution in [0.25, 0.3) is 0 Å². The van der Waals surface area contributed by atoms with Crippen molar-refractivity contribution in [1.82, 2.24) is 3.45 Å². The predicted molar refractivity (Wildman–Crippen MR) is 42.5 cm³/mol. The van der Waals surface area contributed by atoms with Crippen molar-refractivity contribution in [2.45, 2.75) is 13.0 Å². The van der Waals surface area contributed by atoms with Gasteiger partial charge in [-0.25, -0.2) is 0 Å². The normalized spacial score (nSPS) is 15.7. The Bertz CT molecular complexity index is 192. The van der Waals surface area contributed by atoms with Crippen LogP contribution in [0, 0.1) is 0 Å². The third-order valence-corrected chi connectivity index (χ3v) is 2.72. The van der Waals surface area contributed by atoms with Gasteiger partial charge in [-0.05, 0) is 18.7 Å². The summed E-state index contributed by atoms with van der Waals surface area (Å²) in [5, 5.41) is 0. The second-order valence-corrected chi connectivity index (χ2v) is 4.89. The second-order valence-electron chi connectivity index (χ2n) is 1.86. The quantitative estimate of drug-likeness (QED) is 0.602. The molecule has 0 bridgehead atoms. The van der Waals surface area contributed by atoms with Crippen LogP contribution < -0.4 is 0 Å². The van der Waals surface area contributed by atoms with Gasteiger partial charge in [0.1, 0.15) is 0 Å². The summed E-state index contributed by atoms with van der Waals surface area (Å²) in [6.07, 6.45) is 0. The van der Waals surface area contributed by atoms with Gasteiger partial charge in [-0.2, -0.15) is 11.9 Å². The van der Waals surface area contributed by atoms with E-state index in [-0.39, 0.29) is 5.75 Å². The van der Waals surface area contributed by atoms with Crippen molar-refractivity contribution >= 4 is 38.0 Å². The first kappa shape index (κ1) is 10.6. The fourth-order valence-electron chi connectivity index (χ4n) is 0.361. The zero-order valence-electron chi connectivity index (χ0n) is 5.16. The van der Waals surface area contributed by atoms with E-state index in [4.69, 9.17) is 16.3 Å². The van der Waals surface area contributed by atoms with E-state index in [2.05, 4.69) is 16.1 Å². The average molecular weight is 253 g/mol. The lowest BCUT2D eigenvalue weighted by atomic mass is 10.4. The van der Waals surface area contributed by atoms with Gasteiger partial charge in [-0.3, -0.25) is 4.55 Å². The van der Waals surface area contributed by atoms with E-state index in [9.17, 15) is 8.42 Å². The van der Waals surface area contributed by atoms with E-state index in [0.29, 0.717) is 0 Å². The van der Waals surface area contributed by atoms with Gasteiger partial charge < -0.3 is 0 Å². The van der Waals surface area contributed by atoms with E-state index in [0.717, 1.165) is 3.45 Å². The summed E-state index contributed by atoms with van der Waals surface area (Å²) in [5.41, 5.74) is 0. The Morgan fingerprint density at radius 3 is 2.30 bits per heavy atom. The number of hydrogen-bond donors (Lipinski definition) is 1. The van der Waals surface area contributed by atoms with Crippen molar-refractivity contribution in [3.8, 4) is 0 Å². The molecule has 4 nitrogen and oxygen atoms in total. The topological polar surface area (TPSA) is 57.6 Å². The van der Waals surface area contributed by atoms with E-state index >= 15 is 0 Å². The van der Waals surface area contributed by atoms with E-state index in [1.165, 1.54) is 0 Å². The van der Waals surface area contributed by atoms with Crippen LogP contribution in [-0.4, -0.2) is 28.2 Å². The van der Waals surface area contributed by atoms with Crippen molar-refractivity contribution in [3.05, 3.63) is 0 Å². The minimum absolute atomic E-state index is 0.387. The molecule has 0 fully saturated rings. The molecule has 0 aromatic rings. The van der Waals surface area contributed by atoms with Crippen molar-refractivity contribution in [2.75, 3.05) is 5.75 Å². The van der Waals surface area contributed by atoms with Crippen molar-refractivity contribution in [3.63, 3.8) is 0 Å². The maximum Gasteiger partial charge on any atom is 0.266 e. The fourth-order valence-corrected chi connectivity index (χ4v) is 1.61. The van der Waals surface area contributed by atoms with Crippen LogP contribution in [0.15, 0.2) is 0 Å². The molecular weight excluding hydrogens is 245 g/mol. The monoisotopic (exact) mass is 251 g/mol. The summed E-state index contributed by atoms with van der Waals surface area (Å²) in [6.45, 7) is 1.55. The van der Waals surface area contributed by atoms with Crippen LogP contribution >= 0.6 is 27.9 Å². The lowest BCUT2D eigenvalue weighted by Gasteiger charge is -2.11. The maximum absolute atomic E-state index is 10.2. The van der Waals surface area contributed by atoms with Gasteiger partial charge in [-0.1, -0.05) is 0 Å². The molecule has 0 spiro atoms. The molecule has 0 aromatic carbocycles. The molecule has 0 aliphatic carbocycles. The Morgan fingerprint density at radius 1 is 1.80 bits per heavy atom. The minimum atomic E-state index is -3.92. The fraction of sp³-hybridized carbons (Fsp3) is 1.00. The molecule has 0 amide bonds. The van der Waals surface area contributed by atoms with Gasteiger partial charge in [0.15, 0.2) is 0 Å². The lowest BCUT2D eigenvalue weighted by Crippen LogP contribution is -2.24. The number of halogens is 2. The predicted octanol–water partition coefficient (Wildman–Crippen LogP) is 1.03. The molecule has 7 heteroatoms. The third kappa shape index (κ3) is 5.43. The minimum Gasteiger partial charge on any atom is -0.285 e. The van der Waals surface area contributed by atoms with Gasteiger partial charge in [0.2, 0.25) is 0 Å². The highest BCUT2D eigenvalue weighted by Crippen LogP contribution is 2.10. The molecule has 62 valence electrons. The summed E-state index contributed by atoms with van der Waals surface area (Å²) in [5.74, 6) is -0.387. The Kier molecular flexibility index (Phi) is 4.12. The summed E-state index contributed by atoms with van der Waals surface area (Å²) >= 11 is 8.12. The first-order chi connectivity index (χ1) is 4.33. The Balaban J connectivity index is 3.93. The summed E-state index contributed by atoms with van der Waals surface area (Å²) in [6, 6.07) is -0.461. The maximum atomic E-state index is 10.2. The molecule has 0 saturated heterocycles. The van der Waals surface area contributed by atoms with Gasteiger partial charge in [0.05, 0.1) is 11.8 Å². The van der Waals surface area contributed by atoms with Gasteiger partial charge in [-0.15, -0.1) is 0 Å². The molecule has 0 aliphatic heterocycles. The standard InChI is InChI=1S/C3H7BrClNO3S/c1-3(6(4)5)2-10(7,8)9/h3H,2H2,1H3,(H,7,8,9). The largest absolute Gasteiger partial charge is 0.285 e. The molecule has 0 saturated carbocycles. The molecule has 0 aromatic heterocycles. The zero-order valence-corrected chi connectivity index (χ0v) is 8.32. The highest BCUT2D eigenvalue weighted by Gasteiger charge is 2.15. The Labute approximate surface area is 73.4 Å². The highest BCUT2D eigenvalue weighted by molar-refractivity contribution is 9.08. The molecular formula is C3H7BrClNO3S. The van der Waals surface area contributed by atoms with Crippen LogP contribution in [0.2, 0.25) is 0 Å². The van der Waals surface area contributed by atoms with Crippen LogP contribution in [0.3, 0.4) is 0 Å². The van der Waals surface area contributed by atoms with Crippen LogP contribution in [-0.2, 0) is 10.1 Å². The molecule has 0 aliphatic rings. The van der Waals surface area contributed by atoms with Crippen LogP contribution in [0.1, 0.15) is 6.92 Å². The molecule has 0 radical (unpaired) electrons. The third-order valence-electron chi connectivity index (χ3n) is 0.785. The molecule has 1 unspecified atom stereocenters. The second kappa shape index (κ2) is 3.87. The summed E-state index contributed by atoms with van der Waals surface area (Å²) in [4.78, 5) is 0. The lowest BCUT2D eigenvalue weighted by molar-refractivity contribution is 0.468. The van der Waals surface area contributed by atoms with Gasteiger partial charge in [0, 0.05) is 16.1 Å². The highest BCUT2D eigenvalue weighted by atomic mass is 79.9. The summed E-state index contributed by atoms with van der Waals surface area (Å²) in [7, 11) is -3.92. The molecule has 1 atom stereocenters. The first-order valence-corrected chi connectivity index (χ1v) is 5.04. The van der Waals surface area contributed by atoms with Crippen LogP contribution in [0.4, 0.5) is 0 Å².